The van der Waals surface area contributed by atoms with Crippen molar-refractivity contribution >= 4 is 35.0 Å². The summed E-state index contributed by atoms with van der Waals surface area (Å²) in [6.07, 6.45) is 3.58. The predicted octanol–water partition coefficient (Wildman–Crippen LogP) is 4.20. The van der Waals surface area contributed by atoms with E-state index in [1.54, 1.807) is 4.90 Å². The number of hydrogen-bond donors (Lipinski definition) is 0. The van der Waals surface area contributed by atoms with Crippen LogP contribution in [-0.4, -0.2) is 48.3 Å². The van der Waals surface area contributed by atoms with E-state index in [1.807, 2.05) is 67.3 Å². The van der Waals surface area contributed by atoms with Crippen LogP contribution in [0.15, 0.2) is 48.5 Å². The number of ether oxygens (including phenoxy) is 1. The first-order valence-electron chi connectivity index (χ1n) is 11.4. The van der Waals surface area contributed by atoms with Crippen LogP contribution < -0.4 is 14.5 Å². The standard InChI is InChI=1S/C25H29N3O3S/c1-3-31-20-13-11-19(12-14-20)28-23(29)18(2)32-25(28)21-9-5-6-10-22(21)27(24(25)30)17-26-15-7-4-8-16-26/h5-6,9-14,18H,3-4,7-8,15-17H2,1-2H3/t18-,25-/m1/s1. The summed E-state index contributed by atoms with van der Waals surface area (Å²) in [6, 6.07) is 15.4. The molecule has 2 aromatic carbocycles. The fourth-order valence-electron chi connectivity index (χ4n) is 5.04. The number of nitrogens with zero attached hydrogens (tertiary/aromatic N) is 3. The van der Waals surface area contributed by atoms with Gasteiger partial charge in [-0.15, -0.1) is 11.8 Å². The minimum Gasteiger partial charge on any atom is -0.494 e. The van der Waals surface area contributed by atoms with Gasteiger partial charge < -0.3 is 4.74 Å². The second kappa shape index (κ2) is 8.45. The van der Waals surface area contributed by atoms with E-state index in [2.05, 4.69) is 4.90 Å². The fourth-order valence-corrected chi connectivity index (χ4v) is 6.57. The topological polar surface area (TPSA) is 53.1 Å². The van der Waals surface area contributed by atoms with Crippen molar-refractivity contribution in [2.75, 3.05) is 36.2 Å². The molecule has 0 aliphatic carbocycles. The van der Waals surface area contributed by atoms with Crippen molar-refractivity contribution < 1.29 is 14.3 Å². The molecule has 5 rings (SSSR count). The van der Waals surface area contributed by atoms with E-state index in [0.717, 1.165) is 48.6 Å². The van der Waals surface area contributed by atoms with Crippen molar-refractivity contribution in [1.82, 2.24) is 4.90 Å². The van der Waals surface area contributed by atoms with Gasteiger partial charge in [-0.2, -0.15) is 0 Å². The van der Waals surface area contributed by atoms with E-state index in [4.69, 9.17) is 4.74 Å². The van der Waals surface area contributed by atoms with Crippen LogP contribution in [0.25, 0.3) is 0 Å². The molecule has 2 atom stereocenters. The predicted molar refractivity (Wildman–Crippen MR) is 128 cm³/mol. The van der Waals surface area contributed by atoms with Crippen LogP contribution in [0.3, 0.4) is 0 Å². The van der Waals surface area contributed by atoms with Crippen LogP contribution in [0, 0.1) is 0 Å². The molecular weight excluding hydrogens is 422 g/mol. The number of piperidine rings is 1. The van der Waals surface area contributed by atoms with E-state index < -0.39 is 4.87 Å². The molecule has 3 heterocycles. The van der Waals surface area contributed by atoms with Crippen molar-refractivity contribution in [3.8, 4) is 5.75 Å². The van der Waals surface area contributed by atoms with Crippen molar-refractivity contribution in [2.24, 2.45) is 0 Å². The smallest absolute Gasteiger partial charge is 0.269 e. The maximum absolute atomic E-state index is 14.2. The van der Waals surface area contributed by atoms with Gasteiger partial charge in [0.05, 0.1) is 24.2 Å². The number of thioether (sulfide) groups is 1. The third kappa shape index (κ3) is 3.30. The maximum Gasteiger partial charge on any atom is 0.269 e. The minimum absolute atomic E-state index is 0.0270. The zero-order chi connectivity index (χ0) is 22.3. The number of hydrogen-bond acceptors (Lipinski definition) is 5. The Kier molecular flexibility index (Phi) is 5.63. The minimum atomic E-state index is -1.07. The summed E-state index contributed by atoms with van der Waals surface area (Å²) < 4.78 is 5.58. The van der Waals surface area contributed by atoms with Gasteiger partial charge in [0, 0.05) is 11.3 Å². The van der Waals surface area contributed by atoms with E-state index in [9.17, 15) is 9.59 Å². The molecule has 2 amide bonds. The Balaban J connectivity index is 1.57. The van der Waals surface area contributed by atoms with Gasteiger partial charge in [0.15, 0.2) is 0 Å². The van der Waals surface area contributed by atoms with Gasteiger partial charge in [0.1, 0.15) is 5.75 Å². The highest BCUT2D eigenvalue weighted by molar-refractivity contribution is 8.03. The summed E-state index contributed by atoms with van der Waals surface area (Å²) in [5, 5.41) is -0.312. The van der Waals surface area contributed by atoms with Gasteiger partial charge in [0.25, 0.3) is 5.91 Å². The Hall–Kier alpha value is -2.51. The van der Waals surface area contributed by atoms with E-state index in [-0.39, 0.29) is 17.1 Å². The van der Waals surface area contributed by atoms with Crippen LogP contribution in [0.4, 0.5) is 11.4 Å². The van der Waals surface area contributed by atoms with Crippen LogP contribution in [0.5, 0.6) is 5.75 Å². The molecular formula is C25H29N3O3S. The lowest BCUT2D eigenvalue weighted by Crippen LogP contribution is -2.52. The lowest BCUT2D eigenvalue weighted by molar-refractivity contribution is -0.124. The third-order valence-electron chi connectivity index (χ3n) is 6.52. The Labute approximate surface area is 193 Å². The average molecular weight is 452 g/mol. The third-order valence-corrected chi connectivity index (χ3v) is 7.99. The van der Waals surface area contributed by atoms with Crippen LogP contribution >= 0.6 is 11.8 Å². The van der Waals surface area contributed by atoms with Crippen molar-refractivity contribution in [2.45, 2.75) is 43.2 Å². The van der Waals surface area contributed by atoms with Gasteiger partial charge in [-0.25, -0.2) is 0 Å². The zero-order valence-electron chi connectivity index (χ0n) is 18.6. The van der Waals surface area contributed by atoms with Crippen LogP contribution in [0.2, 0.25) is 0 Å². The molecule has 0 saturated carbocycles. The molecule has 0 bridgehead atoms. The Bertz CT molecular complexity index is 1020. The molecule has 168 valence electrons. The second-order valence-corrected chi connectivity index (χ2v) is 10.1. The zero-order valence-corrected chi connectivity index (χ0v) is 19.4. The van der Waals surface area contributed by atoms with Gasteiger partial charge in [0.2, 0.25) is 10.8 Å². The lowest BCUT2D eigenvalue weighted by atomic mass is 10.0. The number of para-hydroxylation sites is 1. The summed E-state index contributed by atoms with van der Waals surface area (Å²) >= 11 is 1.45. The monoisotopic (exact) mass is 451 g/mol. The molecule has 1 spiro atoms. The molecule has 2 fully saturated rings. The number of benzene rings is 2. The first kappa shape index (κ1) is 21.3. The number of likely N-dealkylation sites (tertiary alicyclic amines) is 1. The van der Waals surface area contributed by atoms with Gasteiger partial charge in [-0.1, -0.05) is 24.6 Å². The number of carbonyl (C=O) groups excluding carboxylic acids is 2. The lowest BCUT2D eigenvalue weighted by Gasteiger charge is -2.35. The first-order chi connectivity index (χ1) is 15.6. The highest BCUT2D eigenvalue weighted by Crippen LogP contribution is 2.57. The molecule has 0 radical (unpaired) electrons. The molecule has 32 heavy (non-hydrogen) atoms. The highest BCUT2D eigenvalue weighted by Gasteiger charge is 2.63. The molecule has 3 aliphatic heterocycles. The highest BCUT2D eigenvalue weighted by atomic mass is 32.2. The van der Waals surface area contributed by atoms with Gasteiger partial charge in [-0.05, 0) is 70.1 Å². The Morgan fingerprint density at radius 1 is 1.03 bits per heavy atom. The molecule has 7 heteroatoms. The fraction of sp³-hybridized carbons (Fsp3) is 0.440. The number of carbonyl (C=O) groups is 2. The van der Waals surface area contributed by atoms with Gasteiger partial charge in [-0.3, -0.25) is 24.3 Å². The van der Waals surface area contributed by atoms with Crippen molar-refractivity contribution in [3.63, 3.8) is 0 Å². The van der Waals surface area contributed by atoms with E-state index in [1.165, 1.54) is 18.2 Å². The Morgan fingerprint density at radius 3 is 2.47 bits per heavy atom. The van der Waals surface area contributed by atoms with Crippen LogP contribution in [0.1, 0.15) is 38.7 Å². The molecule has 3 aliphatic rings. The molecule has 0 aromatic heterocycles. The molecule has 2 saturated heterocycles. The summed E-state index contributed by atoms with van der Waals surface area (Å²) in [5.41, 5.74) is 2.53. The summed E-state index contributed by atoms with van der Waals surface area (Å²) in [4.78, 5) is 32.5. The van der Waals surface area contributed by atoms with Gasteiger partial charge >= 0.3 is 0 Å². The number of anilines is 2. The molecule has 2 aromatic rings. The SMILES string of the molecule is CCOc1ccc(N2C(=O)[C@@H](C)S[C@]23C(=O)N(CN2CCCCC2)c2ccccc23)cc1. The van der Waals surface area contributed by atoms with Crippen molar-refractivity contribution in [3.05, 3.63) is 54.1 Å². The maximum atomic E-state index is 14.2. The quantitative estimate of drug-likeness (QED) is 0.682. The summed E-state index contributed by atoms with van der Waals surface area (Å²) in [6.45, 7) is 6.99. The largest absolute Gasteiger partial charge is 0.494 e. The number of rotatable bonds is 5. The first-order valence-corrected chi connectivity index (χ1v) is 12.3. The molecule has 0 N–H and O–H groups in total. The van der Waals surface area contributed by atoms with E-state index in [0.29, 0.717) is 13.3 Å². The van der Waals surface area contributed by atoms with E-state index >= 15 is 0 Å². The summed E-state index contributed by atoms with van der Waals surface area (Å²) in [5.74, 6) is 0.686. The second-order valence-electron chi connectivity index (χ2n) is 8.58. The molecule has 6 nitrogen and oxygen atoms in total. The molecule has 0 unspecified atom stereocenters. The van der Waals surface area contributed by atoms with Crippen molar-refractivity contribution in [1.29, 1.82) is 0 Å². The number of fused-ring (bicyclic) bond motifs is 2. The summed E-state index contributed by atoms with van der Waals surface area (Å²) in [7, 11) is 0. The van der Waals surface area contributed by atoms with Crippen LogP contribution in [-0.2, 0) is 14.5 Å². The average Bonchev–Trinajstić information content (AvgIpc) is 3.21. The number of amides is 2. The Morgan fingerprint density at radius 2 is 1.75 bits per heavy atom. The normalized spacial score (nSPS) is 25.6.